The van der Waals surface area contributed by atoms with Crippen molar-refractivity contribution < 1.29 is 19.8 Å². The Morgan fingerprint density at radius 1 is 1.40 bits per heavy atom. The van der Waals surface area contributed by atoms with Gasteiger partial charge in [-0.2, -0.15) is 0 Å². The number of likely N-dealkylation sites (tertiary alicyclic amines) is 1. The molecule has 1 rings (SSSR count). The van der Waals surface area contributed by atoms with Crippen molar-refractivity contribution in [2.45, 2.75) is 38.8 Å². The van der Waals surface area contributed by atoms with Crippen LogP contribution in [0.5, 0.6) is 0 Å². The number of carbonyl (C=O) groups is 2. The number of rotatable bonds is 7. The summed E-state index contributed by atoms with van der Waals surface area (Å²) in [5.41, 5.74) is 0. The van der Waals surface area contributed by atoms with Gasteiger partial charge in [-0.05, 0) is 19.5 Å². The van der Waals surface area contributed by atoms with Crippen LogP contribution in [0.25, 0.3) is 0 Å². The van der Waals surface area contributed by atoms with E-state index in [0.29, 0.717) is 19.1 Å². The van der Waals surface area contributed by atoms with Gasteiger partial charge in [0.15, 0.2) is 0 Å². The normalized spacial score (nSPS) is 20.2. The molecule has 0 aromatic heterocycles. The van der Waals surface area contributed by atoms with Gasteiger partial charge in [0.05, 0.1) is 0 Å². The van der Waals surface area contributed by atoms with E-state index in [9.17, 15) is 9.59 Å². The highest BCUT2D eigenvalue weighted by molar-refractivity contribution is 5.82. The van der Waals surface area contributed by atoms with Crippen molar-refractivity contribution in [3.05, 3.63) is 0 Å². The molecule has 3 N–H and O–H groups in total. The Bertz CT molecular complexity index is 334. The van der Waals surface area contributed by atoms with E-state index in [1.54, 1.807) is 4.90 Å². The first-order valence-corrected chi connectivity index (χ1v) is 7.16. The number of hydrogen-bond acceptors (Lipinski definition) is 4. The SMILES string of the molecule is CCN(CC)C1CCN(C(=O)N[C@H](CCO)C(=O)O)C1. The standard InChI is InChI=1S/C13H25N3O4/c1-3-15(4-2)10-5-7-16(9-10)13(20)14-11(6-8-17)12(18)19/h10-11,17H,3-9H2,1-2H3,(H,14,20)(H,18,19)/t10?,11-/m1/s1. The molecule has 7 heteroatoms. The number of carboxylic acid groups (broad SMARTS) is 1. The van der Waals surface area contributed by atoms with E-state index >= 15 is 0 Å². The van der Waals surface area contributed by atoms with Gasteiger partial charge in [0, 0.05) is 32.2 Å². The summed E-state index contributed by atoms with van der Waals surface area (Å²) in [4.78, 5) is 26.9. The third-order valence-electron chi connectivity index (χ3n) is 3.79. The number of amides is 2. The van der Waals surface area contributed by atoms with Crippen molar-refractivity contribution in [1.82, 2.24) is 15.1 Å². The van der Waals surface area contributed by atoms with E-state index in [1.165, 1.54) is 0 Å². The minimum absolute atomic E-state index is 0.0222. The number of aliphatic hydroxyl groups is 1. The summed E-state index contributed by atoms with van der Waals surface area (Å²) < 4.78 is 0. The Morgan fingerprint density at radius 3 is 2.55 bits per heavy atom. The molecule has 1 aliphatic heterocycles. The second-order valence-electron chi connectivity index (χ2n) is 4.96. The van der Waals surface area contributed by atoms with Crippen LogP contribution in [0, 0.1) is 0 Å². The summed E-state index contributed by atoms with van der Waals surface area (Å²) in [6.45, 7) is 7.07. The van der Waals surface area contributed by atoms with E-state index in [-0.39, 0.29) is 19.1 Å². The van der Waals surface area contributed by atoms with Gasteiger partial charge in [0.25, 0.3) is 0 Å². The Balaban J connectivity index is 2.51. The van der Waals surface area contributed by atoms with Crippen molar-refractivity contribution in [2.75, 3.05) is 32.8 Å². The van der Waals surface area contributed by atoms with Crippen molar-refractivity contribution in [3.63, 3.8) is 0 Å². The van der Waals surface area contributed by atoms with Gasteiger partial charge < -0.3 is 20.4 Å². The van der Waals surface area contributed by atoms with Crippen LogP contribution in [-0.4, -0.2) is 76.9 Å². The number of aliphatic hydroxyl groups excluding tert-OH is 1. The van der Waals surface area contributed by atoms with Crippen LogP contribution >= 0.6 is 0 Å². The van der Waals surface area contributed by atoms with Crippen LogP contribution in [0.3, 0.4) is 0 Å². The predicted molar refractivity (Wildman–Crippen MR) is 74.6 cm³/mol. The lowest BCUT2D eigenvalue weighted by atomic mass is 10.2. The third-order valence-corrected chi connectivity index (χ3v) is 3.79. The average molecular weight is 287 g/mol. The minimum atomic E-state index is -1.12. The van der Waals surface area contributed by atoms with Crippen LogP contribution in [0.15, 0.2) is 0 Å². The zero-order valence-electron chi connectivity index (χ0n) is 12.2. The summed E-state index contributed by atoms with van der Waals surface area (Å²) >= 11 is 0. The molecule has 7 nitrogen and oxygen atoms in total. The van der Waals surface area contributed by atoms with Crippen LogP contribution < -0.4 is 5.32 Å². The monoisotopic (exact) mass is 287 g/mol. The molecule has 2 atom stereocenters. The van der Waals surface area contributed by atoms with Crippen LogP contribution in [0.2, 0.25) is 0 Å². The van der Waals surface area contributed by atoms with Gasteiger partial charge >= 0.3 is 12.0 Å². The maximum atomic E-state index is 12.0. The van der Waals surface area contributed by atoms with E-state index in [2.05, 4.69) is 24.1 Å². The van der Waals surface area contributed by atoms with E-state index in [0.717, 1.165) is 19.5 Å². The Morgan fingerprint density at radius 2 is 2.05 bits per heavy atom. The number of aliphatic carboxylic acids is 1. The molecule has 0 aliphatic carbocycles. The highest BCUT2D eigenvalue weighted by Crippen LogP contribution is 2.15. The number of urea groups is 1. The Hall–Kier alpha value is -1.34. The molecular formula is C13H25N3O4. The number of carboxylic acids is 1. The van der Waals surface area contributed by atoms with Crippen molar-refractivity contribution in [1.29, 1.82) is 0 Å². The third kappa shape index (κ3) is 4.35. The van der Waals surface area contributed by atoms with Gasteiger partial charge in [0.2, 0.25) is 0 Å². The second kappa shape index (κ2) is 8.06. The molecule has 0 radical (unpaired) electrons. The number of hydrogen-bond donors (Lipinski definition) is 3. The topological polar surface area (TPSA) is 93.1 Å². The fourth-order valence-corrected chi connectivity index (χ4v) is 2.59. The molecule has 0 bridgehead atoms. The molecule has 116 valence electrons. The molecule has 0 spiro atoms. The number of nitrogens with one attached hydrogen (secondary N) is 1. The maximum absolute atomic E-state index is 12.0. The molecular weight excluding hydrogens is 262 g/mol. The molecule has 0 aromatic rings. The van der Waals surface area contributed by atoms with Gasteiger partial charge in [-0.25, -0.2) is 9.59 Å². The number of nitrogens with zero attached hydrogens (tertiary/aromatic N) is 2. The van der Waals surface area contributed by atoms with Crippen LogP contribution in [-0.2, 0) is 4.79 Å². The molecule has 1 heterocycles. The fourth-order valence-electron chi connectivity index (χ4n) is 2.59. The Kier molecular flexibility index (Phi) is 6.74. The van der Waals surface area contributed by atoms with E-state index < -0.39 is 12.0 Å². The van der Waals surface area contributed by atoms with Crippen molar-refractivity contribution >= 4 is 12.0 Å². The lowest BCUT2D eigenvalue weighted by molar-refractivity contribution is -0.139. The molecule has 0 saturated carbocycles. The van der Waals surface area contributed by atoms with Gasteiger partial charge in [-0.1, -0.05) is 13.8 Å². The van der Waals surface area contributed by atoms with Crippen LogP contribution in [0.4, 0.5) is 4.79 Å². The average Bonchev–Trinajstić information content (AvgIpc) is 2.89. The number of carbonyl (C=O) groups excluding carboxylic acids is 1. The quantitative estimate of drug-likeness (QED) is 0.610. The summed E-state index contributed by atoms with van der Waals surface area (Å²) in [7, 11) is 0. The number of likely N-dealkylation sites (N-methyl/N-ethyl adjacent to an activating group) is 1. The lowest BCUT2D eigenvalue weighted by Gasteiger charge is -2.26. The predicted octanol–water partition coefficient (Wildman–Crippen LogP) is -0.0523. The van der Waals surface area contributed by atoms with Crippen LogP contribution in [0.1, 0.15) is 26.7 Å². The highest BCUT2D eigenvalue weighted by Gasteiger charge is 2.31. The first kappa shape index (κ1) is 16.7. The first-order valence-electron chi connectivity index (χ1n) is 7.16. The molecule has 1 saturated heterocycles. The molecule has 1 aliphatic rings. The fraction of sp³-hybridized carbons (Fsp3) is 0.846. The summed E-state index contributed by atoms with van der Waals surface area (Å²) in [5, 5.41) is 20.2. The van der Waals surface area contributed by atoms with Gasteiger partial charge in [-0.3, -0.25) is 4.90 Å². The largest absolute Gasteiger partial charge is 0.480 e. The molecule has 2 amide bonds. The zero-order chi connectivity index (χ0) is 15.1. The maximum Gasteiger partial charge on any atom is 0.326 e. The first-order chi connectivity index (χ1) is 9.53. The zero-order valence-corrected chi connectivity index (χ0v) is 12.2. The molecule has 1 unspecified atom stereocenters. The second-order valence-corrected chi connectivity index (χ2v) is 4.96. The Labute approximate surface area is 119 Å². The summed E-state index contributed by atoms with van der Waals surface area (Å²) in [6, 6.07) is -1.04. The van der Waals surface area contributed by atoms with Crippen molar-refractivity contribution in [3.8, 4) is 0 Å². The van der Waals surface area contributed by atoms with Gasteiger partial charge in [-0.15, -0.1) is 0 Å². The van der Waals surface area contributed by atoms with E-state index in [1.807, 2.05) is 0 Å². The highest BCUT2D eigenvalue weighted by atomic mass is 16.4. The smallest absolute Gasteiger partial charge is 0.326 e. The van der Waals surface area contributed by atoms with Crippen molar-refractivity contribution in [2.24, 2.45) is 0 Å². The summed E-state index contributed by atoms with van der Waals surface area (Å²) in [6.07, 6.45) is 0.932. The summed E-state index contributed by atoms with van der Waals surface area (Å²) in [5.74, 6) is -1.12. The molecule has 1 fully saturated rings. The molecule has 20 heavy (non-hydrogen) atoms. The lowest BCUT2D eigenvalue weighted by Crippen LogP contribution is -2.48. The van der Waals surface area contributed by atoms with E-state index in [4.69, 9.17) is 10.2 Å². The molecule has 0 aromatic carbocycles. The van der Waals surface area contributed by atoms with Gasteiger partial charge in [0.1, 0.15) is 6.04 Å². The minimum Gasteiger partial charge on any atom is -0.480 e.